The molecule has 6 heteroatoms. The van der Waals surface area contributed by atoms with Crippen LogP contribution in [0, 0.1) is 18.3 Å². The SMILES string of the molecule is Cc1c(Cl)cccc1NC(=O)CCNc1ccc(C#N)c(Cl)c1. The summed E-state index contributed by atoms with van der Waals surface area (Å²) in [7, 11) is 0. The summed E-state index contributed by atoms with van der Waals surface area (Å²) < 4.78 is 0. The highest BCUT2D eigenvalue weighted by atomic mass is 35.5. The topological polar surface area (TPSA) is 64.9 Å². The minimum Gasteiger partial charge on any atom is -0.384 e. The van der Waals surface area contributed by atoms with Gasteiger partial charge in [-0.2, -0.15) is 5.26 Å². The summed E-state index contributed by atoms with van der Waals surface area (Å²) in [6.07, 6.45) is 0.295. The molecule has 0 radical (unpaired) electrons. The Hall–Kier alpha value is -2.22. The van der Waals surface area contributed by atoms with E-state index in [1.165, 1.54) is 0 Å². The molecule has 0 fully saturated rings. The van der Waals surface area contributed by atoms with Gasteiger partial charge in [-0.25, -0.2) is 0 Å². The lowest BCUT2D eigenvalue weighted by molar-refractivity contribution is -0.115. The third-order valence-corrected chi connectivity index (χ3v) is 4.03. The summed E-state index contributed by atoms with van der Waals surface area (Å²) in [4.78, 5) is 12.0. The van der Waals surface area contributed by atoms with E-state index in [2.05, 4.69) is 10.6 Å². The Bertz CT molecular complexity index is 769. The van der Waals surface area contributed by atoms with Crippen molar-refractivity contribution in [1.29, 1.82) is 5.26 Å². The van der Waals surface area contributed by atoms with E-state index in [4.69, 9.17) is 28.5 Å². The van der Waals surface area contributed by atoms with Crippen molar-refractivity contribution in [2.24, 2.45) is 0 Å². The molecule has 0 aliphatic carbocycles. The maximum Gasteiger partial charge on any atom is 0.226 e. The fourth-order valence-corrected chi connectivity index (χ4v) is 2.39. The van der Waals surface area contributed by atoms with Gasteiger partial charge < -0.3 is 10.6 Å². The molecular formula is C17H15Cl2N3O. The van der Waals surface area contributed by atoms with Crippen molar-refractivity contribution in [2.45, 2.75) is 13.3 Å². The van der Waals surface area contributed by atoms with Crippen LogP contribution in [0.15, 0.2) is 36.4 Å². The first-order valence-electron chi connectivity index (χ1n) is 6.99. The van der Waals surface area contributed by atoms with Crippen LogP contribution in [0.5, 0.6) is 0 Å². The molecule has 0 bridgehead atoms. The van der Waals surface area contributed by atoms with E-state index in [0.29, 0.717) is 34.3 Å². The van der Waals surface area contributed by atoms with Gasteiger partial charge in [0.05, 0.1) is 10.6 Å². The van der Waals surface area contributed by atoms with Crippen LogP contribution < -0.4 is 10.6 Å². The summed E-state index contributed by atoms with van der Waals surface area (Å²) >= 11 is 12.0. The van der Waals surface area contributed by atoms with Crippen LogP contribution in [0.3, 0.4) is 0 Å². The Labute approximate surface area is 145 Å². The molecule has 2 aromatic carbocycles. The Kier molecular flexibility index (Phi) is 5.86. The number of nitrogens with zero attached hydrogens (tertiary/aromatic N) is 1. The number of anilines is 2. The number of amides is 1. The van der Waals surface area contributed by atoms with E-state index in [9.17, 15) is 4.79 Å². The van der Waals surface area contributed by atoms with Crippen molar-refractivity contribution in [1.82, 2.24) is 0 Å². The molecule has 1 amide bonds. The highest BCUT2D eigenvalue weighted by molar-refractivity contribution is 6.32. The number of hydrogen-bond acceptors (Lipinski definition) is 3. The maximum absolute atomic E-state index is 12.0. The number of halogens is 2. The molecule has 0 unspecified atom stereocenters. The zero-order valence-electron chi connectivity index (χ0n) is 12.5. The molecule has 118 valence electrons. The van der Waals surface area contributed by atoms with Gasteiger partial charge in [-0.3, -0.25) is 4.79 Å². The van der Waals surface area contributed by atoms with E-state index < -0.39 is 0 Å². The highest BCUT2D eigenvalue weighted by Crippen LogP contribution is 2.23. The number of benzene rings is 2. The lowest BCUT2D eigenvalue weighted by atomic mass is 10.2. The minimum atomic E-state index is -0.109. The van der Waals surface area contributed by atoms with Gasteiger partial charge >= 0.3 is 0 Å². The summed E-state index contributed by atoms with van der Waals surface area (Å²) in [5.74, 6) is -0.109. The minimum absolute atomic E-state index is 0.109. The Balaban J connectivity index is 1.87. The van der Waals surface area contributed by atoms with Gasteiger partial charge in [-0.05, 0) is 42.8 Å². The Morgan fingerprint density at radius 2 is 2.00 bits per heavy atom. The third-order valence-electron chi connectivity index (χ3n) is 3.31. The van der Waals surface area contributed by atoms with Crippen molar-refractivity contribution in [3.63, 3.8) is 0 Å². The van der Waals surface area contributed by atoms with Crippen LogP contribution in [-0.2, 0) is 4.79 Å². The molecule has 2 rings (SSSR count). The number of hydrogen-bond donors (Lipinski definition) is 2. The van der Waals surface area contributed by atoms with E-state index in [0.717, 1.165) is 11.3 Å². The standard InChI is InChI=1S/C17H15Cl2N3O/c1-11-14(18)3-2-4-16(11)22-17(23)7-8-21-13-6-5-12(10-20)15(19)9-13/h2-6,9,21H,7-8H2,1H3,(H,22,23). The zero-order chi connectivity index (χ0) is 16.8. The molecule has 2 aromatic rings. The average molecular weight is 348 g/mol. The fraction of sp³-hybridized carbons (Fsp3) is 0.176. The number of nitriles is 1. The molecule has 0 atom stereocenters. The van der Waals surface area contributed by atoms with Crippen molar-refractivity contribution >= 4 is 40.5 Å². The largest absolute Gasteiger partial charge is 0.384 e. The van der Waals surface area contributed by atoms with Crippen LogP contribution in [0.2, 0.25) is 10.0 Å². The molecule has 0 spiro atoms. The predicted molar refractivity (Wildman–Crippen MR) is 94.1 cm³/mol. The third kappa shape index (κ3) is 4.62. The van der Waals surface area contributed by atoms with Gasteiger partial charge in [0.25, 0.3) is 0 Å². The number of nitrogens with one attached hydrogen (secondary N) is 2. The summed E-state index contributed by atoms with van der Waals surface area (Å²) in [6.45, 7) is 2.31. The molecule has 0 saturated heterocycles. The highest BCUT2D eigenvalue weighted by Gasteiger charge is 2.07. The van der Waals surface area contributed by atoms with Crippen LogP contribution in [-0.4, -0.2) is 12.5 Å². The summed E-state index contributed by atoms with van der Waals surface area (Å²) in [6, 6.07) is 12.4. The van der Waals surface area contributed by atoms with Crippen LogP contribution in [0.25, 0.3) is 0 Å². The normalized spacial score (nSPS) is 10.0. The zero-order valence-corrected chi connectivity index (χ0v) is 14.0. The van der Waals surface area contributed by atoms with Crippen LogP contribution in [0.1, 0.15) is 17.5 Å². The Morgan fingerprint density at radius 1 is 1.22 bits per heavy atom. The smallest absolute Gasteiger partial charge is 0.226 e. The summed E-state index contributed by atoms with van der Waals surface area (Å²) in [5.41, 5.74) is 2.74. The maximum atomic E-state index is 12.0. The first kappa shape index (κ1) is 17.1. The van der Waals surface area contributed by atoms with Gasteiger partial charge in [0.15, 0.2) is 0 Å². The Morgan fingerprint density at radius 3 is 2.70 bits per heavy atom. The van der Waals surface area contributed by atoms with Crippen molar-refractivity contribution in [3.8, 4) is 6.07 Å². The van der Waals surface area contributed by atoms with Gasteiger partial charge in [-0.1, -0.05) is 29.3 Å². The molecule has 0 saturated carbocycles. The van der Waals surface area contributed by atoms with E-state index >= 15 is 0 Å². The lowest BCUT2D eigenvalue weighted by Gasteiger charge is -2.10. The molecule has 0 aromatic heterocycles. The van der Waals surface area contributed by atoms with Crippen LogP contribution in [0.4, 0.5) is 11.4 Å². The first-order valence-corrected chi connectivity index (χ1v) is 7.75. The van der Waals surface area contributed by atoms with E-state index in [-0.39, 0.29) is 5.91 Å². The van der Waals surface area contributed by atoms with Crippen molar-refractivity contribution < 1.29 is 4.79 Å². The summed E-state index contributed by atoms with van der Waals surface area (Å²) in [5, 5.41) is 15.8. The van der Waals surface area contributed by atoms with Crippen molar-refractivity contribution in [2.75, 3.05) is 17.2 Å². The quantitative estimate of drug-likeness (QED) is 0.829. The van der Waals surface area contributed by atoms with Crippen LogP contribution >= 0.6 is 23.2 Å². The van der Waals surface area contributed by atoms with Gasteiger partial charge in [0.2, 0.25) is 5.91 Å². The van der Waals surface area contributed by atoms with E-state index in [1.54, 1.807) is 30.3 Å². The molecule has 0 aliphatic rings. The second-order valence-corrected chi connectivity index (χ2v) is 5.76. The van der Waals surface area contributed by atoms with Gasteiger partial charge in [-0.15, -0.1) is 0 Å². The molecule has 4 nitrogen and oxygen atoms in total. The molecule has 2 N–H and O–H groups in total. The number of carbonyl (C=O) groups is 1. The van der Waals surface area contributed by atoms with Gasteiger partial charge in [0, 0.05) is 29.4 Å². The lowest BCUT2D eigenvalue weighted by Crippen LogP contribution is -2.16. The van der Waals surface area contributed by atoms with E-state index in [1.807, 2.05) is 19.1 Å². The predicted octanol–water partition coefficient (Wildman–Crippen LogP) is 4.61. The second-order valence-electron chi connectivity index (χ2n) is 4.94. The molecule has 23 heavy (non-hydrogen) atoms. The molecule has 0 heterocycles. The number of rotatable bonds is 5. The van der Waals surface area contributed by atoms with Crippen molar-refractivity contribution in [3.05, 3.63) is 57.6 Å². The molecular weight excluding hydrogens is 333 g/mol. The number of carbonyl (C=O) groups excluding carboxylic acids is 1. The average Bonchev–Trinajstić information content (AvgIpc) is 2.52. The van der Waals surface area contributed by atoms with Gasteiger partial charge in [0.1, 0.15) is 6.07 Å². The second kappa shape index (κ2) is 7.87. The fourth-order valence-electron chi connectivity index (χ4n) is 1.99. The molecule has 0 aliphatic heterocycles. The first-order chi connectivity index (χ1) is 11.0. The monoisotopic (exact) mass is 347 g/mol.